The lowest BCUT2D eigenvalue weighted by molar-refractivity contribution is 0.238. The van der Waals surface area contributed by atoms with Crippen LogP contribution in [0.25, 0.3) is 0 Å². The van der Waals surface area contributed by atoms with Crippen LogP contribution >= 0.6 is 0 Å². The average Bonchev–Trinajstić information content (AvgIpc) is 2.52. The summed E-state index contributed by atoms with van der Waals surface area (Å²) < 4.78 is 0. The van der Waals surface area contributed by atoms with Gasteiger partial charge in [0.05, 0.1) is 0 Å². The third-order valence-corrected chi connectivity index (χ3v) is 2.49. The smallest absolute Gasteiger partial charge is 0.141 e. The monoisotopic (exact) mass is 256 g/mol. The Labute approximate surface area is 119 Å². The van der Waals surface area contributed by atoms with Crippen LogP contribution in [0.1, 0.15) is 17.2 Å². The van der Waals surface area contributed by atoms with Crippen molar-refractivity contribution in [2.24, 2.45) is 0 Å². The zero-order valence-corrected chi connectivity index (χ0v) is 10.8. The summed E-state index contributed by atoms with van der Waals surface area (Å²) in [6.45, 7) is 0. The standard InChI is InChI=1S/C19H12O/c20-19(18-14-8-4-9-15-18)16-10-2-1-5-11-17-12-6-3-7-13-17/h3-4,6-9,12-15,19-20H. The highest BCUT2D eigenvalue weighted by Gasteiger charge is 1.99. The Morgan fingerprint density at radius 1 is 0.700 bits per heavy atom. The summed E-state index contributed by atoms with van der Waals surface area (Å²) in [5.41, 5.74) is 1.68. The van der Waals surface area contributed by atoms with Gasteiger partial charge in [0, 0.05) is 5.56 Å². The van der Waals surface area contributed by atoms with E-state index in [-0.39, 0.29) is 0 Å². The van der Waals surface area contributed by atoms with E-state index in [1.807, 2.05) is 60.7 Å². The number of benzene rings is 2. The van der Waals surface area contributed by atoms with Crippen molar-refractivity contribution in [2.75, 3.05) is 0 Å². The van der Waals surface area contributed by atoms with Crippen molar-refractivity contribution in [3.8, 4) is 35.5 Å². The highest BCUT2D eigenvalue weighted by atomic mass is 16.3. The summed E-state index contributed by atoms with van der Waals surface area (Å²) in [5.74, 6) is 16.2. The van der Waals surface area contributed by atoms with Crippen LogP contribution in [-0.4, -0.2) is 5.11 Å². The second kappa shape index (κ2) is 7.50. The number of aliphatic hydroxyl groups excluding tert-OH is 1. The lowest BCUT2D eigenvalue weighted by atomic mass is 10.1. The third-order valence-electron chi connectivity index (χ3n) is 2.49. The third kappa shape index (κ3) is 4.40. The molecule has 1 atom stereocenters. The van der Waals surface area contributed by atoms with Crippen molar-refractivity contribution < 1.29 is 5.11 Å². The van der Waals surface area contributed by atoms with Gasteiger partial charge >= 0.3 is 0 Å². The summed E-state index contributed by atoms with van der Waals surface area (Å²) in [6.07, 6.45) is -0.812. The minimum absolute atomic E-state index is 0.761. The molecule has 0 bridgehead atoms. The molecule has 94 valence electrons. The number of rotatable bonds is 1. The van der Waals surface area contributed by atoms with Crippen LogP contribution in [0.3, 0.4) is 0 Å². The molecule has 1 nitrogen and oxygen atoms in total. The minimum atomic E-state index is -0.812. The van der Waals surface area contributed by atoms with Crippen LogP contribution in [0, 0.1) is 35.5 Å². The van der Waals surface area contributed by atoms with Crippen molar-refractivity contribution in [3.05, 3.63) is 71.8 Å². The van der Waals surface area contributed by atoms with Crippen molar-refractivity contribution in [1.29, 1.82) is 0 Å². The van der Waals surface area contributed by atoms with Crippen molar-refractivity contribution in [3.63, 3.8) is 0 Å². The molecule has 0 amide bonds. The SMILES string of the molecule is OC(C#CC#CC#Cc1ccccc1)c1ccccc1. The Hall–Kier alpha value is -2.92. The van der Waals surface area contributed by atoms with E-state index < -0.39 is 6.10 Å². The van der Waals surface area contributed by atoms with E-state index in [0.29, 0.717) is 0 Å². The Balaban J connectivity index is 1.96. The van der Waals surface area contributed by atoms with E-state index in [1.165, 1.54) is 0 Å². The molecule has 2 aromatic rings. The van der Waals surface area contributed by atoms with Crippen LogP contribution in [0.15, 0.2) is 60.7 Å². The predicted molar refractivity (Wildman–Crippen MR) is 80.3 cm³/mol. The maximum absolute atomic E-state index is 9.78. The fourth-order valence-electron chi connectivity index (χ4n) is 1.51. The number of hydrogen-bond donors (Lipinski definition) is 1. The molecule has 2 rings (SSSR count). The van der Waals surface area contributed by atoms with Crippen LogP contribution < -0.4 is 0 Å². The van der Waals surface area contributed by atoms with E-state index >= 15 is 0 Å². The first-order chi connectivity index (χ1) is 9.86. The van der Waals surface area contributed by atoms with Crippen LogP contribution in [-0.2, 0) is 0 Å². The van der Waals surface area contributed by atoms with Gasteiger partial charge in [-0.25, -0.2) is 0 Å². The molecule has 0 aliphatic carbocycles. The van der Waals surface area contributed by atoms with Crippen molar-refractivity contribution in [1.82, 2.24) is 0 Å². The minimum Gasteiger partial charge on any atom is -0.376 e. The van der Waals surface area contributed by atoms with Crippen LogP contribution in [0.4, 0.5) is 0 Å². The molecule has 0 fully saturated rings. The molecule has 1 heteroatoms. The summed E-state index contributed by atoms with van der Waals surface area (Å²) in [4.78, 5) is 0. The second-order valence-electron chi connectivity index (χ2n) is 3.95. The van der Waals surface area contributed by atoms with Gasteiger partial charge in [0.2, 0.25) is 0 Å². The van der Waals surface area contributed by atoms with Gasteiger partial charge in [0.15, 0.2) is 0 Å². The highest BCUT2D eigenvalue weighted by molar-refractivity contribution is 5.43. The molecule has 0 spiro atoms. The lowest BCUT2D eigenvalue weighted by Crippen LogP contribution is -1.91. The van der Waals surface area contributed by atoms with E-state index in [0.717, 1.165) is 11.1 Å². The number of aliphatic hydroxyl groups is 1. The molecule has 0 saturated heterocycles. The molecule has 0 aliphatic rings. The van der Waals surface area contributed by atoms with E-state index in [9.17, 15) is 5.11 Å². The molecule has 0 heterocycles. The first-order valence-corrected chi connectivity index (χ1v) is 6.16. The molecule has 2 aromatic carbocycles. The van der Waals surface area contributed by atoms with Crippen LogP contribution in [0.2, 0.25) is 0 Å². The summed E-state index contributed by atoms with van der Waals surface area (Å²) in [5, 5.41) is 9.78. The predicted octanol–water partition coefficient (Wildman–Crippen LogP) is 2.78. The molecule has 0 radical (unpaired) electrons. The van der Waals surface area contributed by atoms with Crippen molar-refractivity contribution >= 4 is 0 Å². The summed E-state index contributed by atoms with van der Waals surface area (Å²) in [6, 6.07) is 18.9. The molecule has 0 saturated carbocycles. The Morgan fingerprint density at radius 3 is 2.00 bits per heavy atom. The maximum Gasteiger partial charge on any atom is 0.141 e. The largest absolute Gasteiger partial charge is 0.376 e. The Bertz CT molecular complexity index is 726. The van der Waals surface area contributed by atoms with Crippen LogP contribution in [0.5, 0.6) is 0 Å². The molecule has 1 unspecified atom stereocenters. The highest BCUT2D eigenvalue weighted by Crippen LogP contribution is 2.09. The average molecular weight is 256 g/mol. The van der Waals surface area contributed by atoms with E-state index in [4.69, 9.17) is 0 Å². The zero-order chi connectivity index (χ0) is 14.0. The fourth-order valence-corrected chi connectivity index (χ4v) is 1.51. The number of hydrogen-bond acceptors (Lipinski definition) is 1. The van der Waals surface area contributed by atoms with E-state index in [2.05, 4.69) is 35.5 Å². The van der Waals surface area contributed by atoms with Gasteiger partial charge in [0.1, 0.15) is 6.10 Å². The van der Waals surface area contributed by atoms with Gasteiger partial charge in [-0.15, -0.1) is 0 Å². The zero-order valence-electron chi connectivity index (χ0n) is 10.8. The molecule has 0 aromatic heterocycles. The fraction of sp³-hybridized carbons (Fsp3) is 0.0526. The van der Waals surface area contributed by atoms with E-state index in [1.54, 1.807) is 0 Å². The van der Waals surface area contributed by atoms with Gasteiger partial charge < -0.3 is 5.11 Å². The lowest BCUT2D eigenvalue weighted by Gasteiger charge is -2.00. The topological polar surface area (TPSA) is 20.2 Å². The van der Waals surface area contributed by atoms with Gasteiger partial charge in [-0.3, -0.25) is 0 Å². The van der Waals surface area contributed by atoms with Gasteiger partial charge in [0.25, 0.3) is 0 Å². The normalized spacial score (nSPS) is 9.85. The first kappa shape index (κ1) is 13.5. The molecular weight excluding hydrogens is 244 g/mol. The Kier molecular flexibility index (Phi) is 5.07. The maximum atomic E-state index is 9.78. The molecule has 0 aliphatic heterocycles. The summed E-state index contributed by atoms with van der Waals surface area (Å²) >= 11 is 0. The van der Waals surface area contributed by atoms with Gasteiger partial charge in [-0.2, -0.15) is 0 Å². The molecule has 1 N–H and O–H groups in total. The Morgan fingerprint density at radius 2 is 1.30 bits per heavy atom. The quantitative estimate of drug-likeness (QED) is 0.778. The molecule has 20 heavy (non-hydrogen) atoms. The molecular formula is C19H12O. The summed E-state index contributed by atoms with van der Waals surface area (Å²) in [7, 11) is 0. The van der Waals surface area contributed by atoms with Gasteiger partial charge in [-0.1, -0.05) is 60.4 Å². The van der Waals surface area contributed by atoms with Gasteiger partial charge in [-0.05, 0) is 41.4 Å². The van der Waals surface area contributed by atoms with Crippen molar-refractivity contribution in [2.45, 2.75) is 6.10 Å². The second-order valence-corrected chi connectivity index (χ2v) is 3.95. The first-order valence-electron chi connectivity index (χ1n) is 6.16.